The molecule has 3 unspecified atom stereocenters. The molecule has 3 nitrogen and oxygen atoms in total. The van der Waals surface area contributed by atoms with E-state index in [1.165, 1.54) is 19.3 Å². The van der Waals surface area contributed by atoms with Gasteiger partial charge < -0.3 is 10.6 Å². The lowest BCUT2D eigenvalue weighted by atomic mass is 10.2. The second kappa shape index (κ2) is 6.11. The van der Waals surface area contributed by atoms with E-state index in [1.807, 2.05) is 6.92 Å². The fourth-order valence-corrected chi connectivity index (χ4v) is 1.84. The first kappa shape index (κ1) is 12.5. The van der Waals surface area contributed by atoms with E-state index in [9.17, 15) is 4.79 Å². The number of carbonyl (C=O) groups excluding carboxylic acids is 1. The third-order valence-electron chi connectivity index (χ3n) is 3.13. The molecule has 1 amide bonds. The van der Waals surface area contributed by atoms with Crippen LogP contribution in [0.15, 0.2) is 0 Å². The largest absolute Gasteiger partial charge is 0.353 e. The minimum absolute atomic E-state index is 0.131. The van der Waals surface area contributed by atoms with E-state index in [-0.39, 0.29) is 5.91 Å². The normalized spacial score (nSPS) is 26.1. The standard InChI is InChI=1S/C12H24N2O/c1-4-6-10-7-11(10)13-8-12(15)14-9(3)5-2/h9-11,13H,4-8H2,1-3H3,(H,14,15). The highest BCUT2D eigenvalue weighted by atomic mass is 16.1. The number of amides is 1. The minimum Gasteiger partial charge on any atom is -0.353 e. The third-order valence-corrected chi connectivity index (χ3v) is 3.13. The molecule has 0 heterocycles. The van der Waals surface area contributed by atoms with Gasteiger partial charge in [0.15, 0.2) is 0 Å². The monoisotopic (exact) mass is 212 g/mol. The van der Waals surface area contributed by atoms with Gasteiger partial charge in [-0.3, -0.25) is 4.79 Å². The highest BCUT2D eigenvalue weighted by Gasteiger charge is 2.35. The van der Waals surface area contributed by atoms with E-state index in [0.717, 1.165) is 12.3 Å². The lowest BCUT2D eigenvalue weighted by Gasteiger charge is -2.11. The molecule has 0 aliphatic heterocycles. The van der Waals surface area contributed by atoms with Gasteiger partial charge in [-0.15, -0.1) is 0 Å². The van der Waals surface area contributed by atoms with Gasteiger partial charge in [-0.05, 0) is 32.1 Å². The summed E-state index contributed by atoms with van der Waals surface area (Å²) in [6.07, 6.45) is 4.80. The first-order chi connectivity index (χ1) is 7.17. The lowest BCUT2D eigenvalue weighted by molar-refractivity contribution is -0.120. The van der Waals surface area contributed by atoms with Gasteiger partial charge in [0.2, 0.25) is 5.91 Å². The molecule has 1 aliphatic carbocycles. The molecule has 3 heteroatoms. The molecule has 0 aromatic heterocycles. The predicted octanol–water partition coefficient (Wildman–Crippen LogP) is 1.68. The first-order valence-electron chi connectivity index (χ1n) is 6.20. The number of rotatable bonds is 7. The Bertz CT molecular complexity index is 206. The van der Waals surface area contributed by atoms with Crippen LogP contribution in [0, 0.1) is 5.92 Å². The number of nitrogens with one attached hydrogen (secondary N) is 2. The van der Waals surface area contributed by atoms with Crippen LogP contribution in [0.2, 0.25) is 0 Å². The molecule has 1 saturated carbocycles. The summed E-state index contributed by atoms with van der Waals surface area (Å²) < 4.78 is 0. The summed E-state index contributed by atoms with van der Waals surface area (Å²) in [5.41, 5.74) is 0. The van der Waals surface area contributed by atoms with Crippen LogP contribution >= 0.6 is 0 Å². The van der Waals surface area contributed by atoms with E-state index in [4.69, 9.17) is 0 Å². The maximum atomic E-state index is 11.4. The van der Waals surface area contributed by atoms with Crippen LogP contribution in [0.4, 0.5) is 0 Å². The molecule has 88 valence electrons. The van der Waals surface area contributed by atoms with Gasteiger partial charge in [-0.2, -0.15) is 0 Å². The van der Waals surface area contributed by atoms with E-state index >= 15 is 0 Å². The SMILES string of the molecule is CCCC1CC1NCC(=O)NC(C)CC. The summed E-state index contributed by atoms with van der Waals surface area (Å²) in [4.78, 5) is 11.4. The summed E-state index contributed by atoms with van der Waals surface area (Å²) in [5.74, 6) is 0.956. The Morgan fingerprint density at radius 1 is 1.47 bits per heavy atom. The van der Waals surface area contributed by atoms with Crippen molar-refractivity contribution in [3.63, 3.8) is 0 Å². The highest BCUT2D eigenvalue weighted by Crippen LogP contribution is 2.34. The van der Waals surface area contributed by atoms with E-state index in [2.05, 4.69) is 24.5 Å². The van der Waals surface area contributed by atoms with Crippen molar-refractivity contribution >= 4 is 5.91 Å². The van der Waals surface area contributed by atoms with Gasteiger partial charge in [0, 0.05) is 12.1 Å². The van der Waals surface area contributed by atoms with Gasteiger partial charge >= 0.3 is 0 Å². The molecule has 0 aromatic rings. The minimum atomic E-state index is 0.131. The highest BCUT2D eigenvalue weighted by molar-refractivity contribution is 5.78. The number of carbonyl (C=O) groups is 1. The molecular formula is C12H24N2O. The maximum Gasteiger partial charge on any atom is 0.234 e. The lowest BCUT2D eigenvalue weighted by Crippen LogP contribution is -2.39. The molecule has 15 heavy (non-hydrogen) atoms. The fourth-order valence-electron chi connectivity index (χ4n) is 1.84. The van der Waals surface area contributed by atoms with Crippen LogP contribution in [-0.2, 0) is 4.79 Å². The van der Waals surface area contributed by atoms with Gasteiger partial charge in [0.1, 0.15) is 0 Å². The predicted molar refractivity (Wildman–Crippen MR) is 62.7 cm³/mol. The zero-order valence-corrected chi connectivity index (χ0v) is 10.2. The molecule has 1 fully saturated rings. The third kappa shape index (κ3) is 4.65. The van der Waals surface area contributed by atoms with Crippen molar-refractivity contribution in [1.82, 2.24) is 10.6 Å². The topological polar surface area (TPSA) is 41.1 Å². The molecule has 1 aliphatic rings. The van der Waals surface area contributed by atoms with Crippen molar-refractivity contribution in [2.75, 3.05) is 6.54 Å². The second-order valence-corrected chi connectivity index (χ2v) is 4.65. The molecule has 0 aromatic carbocycles. The second-order valence-electron chi connectivity index (χ2n) is 4.65. The van der Waals surface area contributed by atoms with Gasteiger partial charge in [0.25, 0.3) is 0 Å². The number of hydrogen-bond acceptors (Lipinski definition) is 2. The Morgan fingerprint density at radius 3 is 2.80 bits per heavy atom. The van der Waals surface area contributed by atoms with Crippen molar-refractivity contribution in [2.24, 2.45) is 5.92 Å². The van der Waals surface area contributed by atoms with E-state index < -0.39 is 0 Å². The van der Waals surface area contributed by atoms with Crippen LogP contribution in [0.5, 0.6) is 0 Å². The molecule has 2 N–H and O–H groups in total. The van der Waals surface area contributed by atoms with Crippen molar-refractivity contribution in [1.29, 1.82) is 0 Å². The van der Waals surface area contributed by atoms with E-state index in [1.54, 1.807) is 0 Å². The Kier molecular flexibility index (Phi) is 5.09. The molecule has 0 saturated heterocycles. The summed E-state index contributed by atoms with van der Waals surface area (Å²) in [5, 5.41) is 6.27. The van der Waals surface area contributed by atoms with Crippen molar-refractivity contribution < 1.29 is 4.79 Å². The smallest absolute Gasteiger partial charge is 0.234 e. The Morgan fingerprint density at radius 2 is 2.20 bits per heavy atom. The van der Waals surface area contributed by atoms with E-state index in [0.29, 0.717) is 18.6 Å². The molecule has 0 spiro atoms. The summed E-state index contributed by atoms with van der Waals surface area (Å²) in [7, 11) is 0. The van der Waals surface area contributed by atoms with Crippen molar-refractivity contribution in [3.05, 3.63) is 0 Å². The zero-order valence-electron chi connectivity index (χ0n) is 10.2. The molecule has 0 radical (unpaired) electrons. The Labute approximate surface area is 93.0 Å². The molecular weight excluding hydrogens is 188 g/mol. The van der Waals surface area contributed by atoms with Gasteiger partial charge in [0.05, 0.1) is 6.54 Å². The van der Waals surface area contributed by atoms with Crippen LogP contribution in [0.3, 0.4) is 0 Å². The maximum absolute atomic E-state index is 11.4. The van der Waals surface area contributed by atoms with Crippen molar-refractivity contribution in [2.45, 2.75) is 58.5 Å². The number of hydrogen-bond donors (Lipinski definition) is 2. The first-order valence-corrected chi connectivity index (χ1v) is 6.20. The van der Waals surface area contributed by atoms with Crippen LogP contribution in [-0.4, -0.2) is 24.5 Å². The summed E-state index contributed by atoms with van der Waals surface area (Å²) in [6, 6.07) is 0.901. The summed E-state index contributed by atoms with van der Waals surface area (Å²) >= 11 is 0. The molecule has 1 rings (SSSR count). The Hall–Kier alpha value is -0.570. The Balaban J connectivity index is 2.03. The average molecular weight is 212 g/mol. The van der Waals surface area contributed by atoms with Crippen LogP contribution < -0.4 is 10.6 Å². The molecule has 3 atom stereocenters. The average Bonchev–Trinajstić information content (AvgIpc) is 2.94. The van der Waals surface area contributed by atoms with Gasteiger partial charge in [-0.25, -0.2) is 0 Å². The summed E-state index contributed by atoms with van der Waals surface area (Å²) in [6.45, 7) is 6.81. The van der Waals surface area contributed by atoms with Crippen LogP contribution in [0.1, 0.15) is 46.5 Å². The fraction of sp³-hybridized carbons (Fsp3) is 0.917. The van der Waals surface area contributed by atoms with Crippen molar-refractivity contribution in [3.8, 4) is 0 Å². The van der Waals surface area contributed by atoms with Crippen LogP contribution in [0.25, 0.3) is 0 Å². The quantitative estimate of drug-likeness (QED) is 0.674. The zero-order chi connectivity index (χ0) is 11.3. The molecule has 0 bridgehead atoms. The van der Waals surface area contributed by atoms with Gasteiger partial charge in [-0.1, -0.05) is 20.3 Å².